The minimum Gasteiger partial charge on any atom is -0.462 e. The summed E-state index contributed by atoms with van der Waals surface area (Å²) in [4.78, 5) is 12.4. The smallest absolute Gasteiger partial charge is 0.315 e. The fraction of sp³-hybridized carbons (Fsp3) is 0.842. The molecule has 1 aliphatic heterocycles. The van der Waals surface area contributed by atoms with Crippen molar-refractivity contribution in [1.82, 2.24) is 0 Å². The first-order chi connectivity index (χ1) is 11.0. The molecule has 2 saturated carbocycles. The van der Waals surface area contributed by atoms with Crippen molar-refractivity contribution < 1.29 is 20.0 Å². The van der Waals surface area contributed by atoms with Gasteiger partial charge in [-0.3, -0.25) is 4.79 Å². The van der Waals surface area contributed by atoms with Crippen molar-refractivity contribution in [3.8, 4) is 0 Å². The molecule has 6 atom stereocenters. The Bertz CT molecular complexity index is 473. The second-order valence-electron chi connectivity index (χ2n) is 8.23. The van der Waals surface area contributed by atoms with E-state index in [-0.39, 0.29) is 36.1 Å². The summed E-state index contributed by atoms with van der Waals surface area (Å²) in [5.41, 5.74) is 1.66. The molecule has 4 nitrogen and oxygen atoms in total. The molecule has 3 rings (SSSR count). The molecule has 3 aliphatic rings. The number of rotatable bonds is 5. The Morgan fingerprint density at radius 3 is 3.00 bits per heavy atom. The van der Waals surface area contributed by atoms with E-state index >= 15 is 0 Å². The predicted molar refractivity (Wildman–Crippen MR) is 88.6 cm³/mol. The molecule has 4 heteroatoms. The molecule has 0 bridgehead atoms. The zero-order valence-electron chi connectivity index (χ0n) is 14.6. The van der Waals surface area contributed by atoms with Crippen LogP contribution in [0.4, 0.5) is 0 Å². The highest BCUT2D eigenvalue weighted by Crippen LogP contribution is 2.56. The van der Waals surface area contributed by atoms with Crippen LogP contribution in [0, 0.1) is 23.2 Å². The first-order valence-corrected chi connectivity index (χ1v) is 9.31. The lowest BCUT2D eigenvalue weighted by molar-refractivity contribution is -0.695. The highest BCUT2D eigenvalue weighted by Gasteiger charge is 2.55. The Morgan fingerprint density at radius 2 is 2.30 bits per heavy atom. The Hall–Kier alpha value is -0.870. The Morgan fingerprint density at radius 1 is 1.52 bits per heavy atom. The number of quaternary nitrogens is 1. The number of aliphatic hydroxyl groups is 1. The molecule has 3 N–H and O–H groups in total. The van der Waals surface area contributed by atoms with Gasteiger partial charge in [0.15, 0.2) is 0 Å². The molecule has 0 aromatic heterocycles. The van der Waals surface area contributed by atoms with E-state index in [1.165, 1.54) is 18.4 Å². The van der Waals surface area contributed by atoms with Crippen LogP contribution in [0.15, 0.2) is 12.2 Å². The summed E-state index contributed by atoms with van der Waals surface area (Å²) in [5, 5.41) is 11.5. The van der Waals surface area contributed by atoms with Crippen LogP contribution in [0.3, 0.4) is 0 Å². The van der Waals surface area contributed by atoms with E-state index < -0.39 is 0 Å². The number of hydrogen-bond donors (Lipinski definition) is 2. The lowest BCUT2D eigenvalue weighted by atomic mass is 9.55. The van der Waals surface area contributed by atoms with Crippen LogP contribution in [0.25, 0.3) is 0 Å². The summed E-state index contributed by atoms with van der Waals surface area (Å²) in [5.74, 6) is 0.856. The van der Waals surface area contributed by atoms with Crippen LogP contribution in [-0.4, -0.2) is 36.4 Å². The largest absolute Gasteiger partial charge is 0.462 e. The zero-order chi connectivity index (χ0) is 16.6. The van der Waals surface area contributed by atoms with Crippen LogP contribution in [0.5, 0.6) is 0 Å². The maximum atomic E-state index is 12.4. The number of allylic oxidation sites excluding steroid dienone is 1. The maximum Gasteiger partial charge on any atom is 0.315 e. The average molecular weight is 322 g/mol. The molecule has 0 aromatic rings. The minimum atomic E-state index is -0.0168. The molecule has 2 aliphatic carbocycles. The van der Waals surface area contributed by atoms with E-state index in [9.17, 15) is 9.90 Å². The van der Waals surface area contributed by atoms with Crippen molar-refractivity contribution in [2.45, 2.75) is 64.5 Å². The van der Waals surface area contributed by atoms with E-state index in [1.807, 2.05) is 0 Å². The number of nitrogens with two attached hydrogens (primary N) is 1. The number of fused-ring (bicyclic) bond motifs is 2. The van der Waals surface area contributed by atoms with Gasteiger partial charge in [-0.15, -0.1) is 0 Å². The average Bonchev–Trinajstić information content (AvgIpc) is 2.81. The third-order valence-electron chi connectivity index (χ3n) is 6.80. The second-order valence-corrected chi connectivity index (χ2v) is 8.23. The van der Waals surface area contributed by atoms with E-state index in [1.54, 1.807) is 0 Å². The third-order valence-corrected chi connectivity index (χ3v) is 6.80. The maximum absolute atomic E-state index is 12.4. The minimum absolute atomic E-state index is 0.0140. The number of aliphatic hydroxyl groups excluding tert-OH is 1. The lowest BCUT2D eigenvalue weighted by Gasteiger charge is -2.49. The lowest BCUT2D eigenvalue weighted by Crippen LogP contribution is -2.92. The molecule has 23 heavy (non-hydrogen) atoms. The van der Waals surface area contributed by atoms with Crippen molar-refractivity contribution in [3.63, 3.8) is 0 Å². The van der Waals surface area contributed by atoms with Gasteiger partial charge in [-0.25, -0.2) is 0 Å². The second kappa shape index (κ2) is 6.56. The van der Waals surface area contributed by atoms with Crippen LogP contribution < -0.4 is 5.32 Å². The highest BCUT2D eigenvalue weighted by molar-refractivity contribution is 5.75. The number of hydrogen-bond acceptors (Lipinski definition) is 3. The summed E-state index contributed by atoms with van der Waals surface area (Å²) < 4.78 is 5.78. The topological polar surface area (TPSA) is 63.1 Å². The number of carbonyl (C=O) groups excluding carboxylic acids is 1. The Kier molecular flexibility index (Phi) is 4.84. The van der Waals surface area contributed by atoms with Crippen LogP contribution in [0.1, 0.15) is 52.4 Å². The van der Waals surface area contributed by atoms with Gasteiger partial charge in [0.1, 0.15) is 18.1 Å². The molecular weight excluding hydrogens is 290 g/mol. The normalized spacial score (nSPS) is 41.2. The van der Waals surface area contributed by atoms with Crippen molar-refractivity contribution in [3.05, 3.63) is 12.2 Å². The van der Waals surface area contributed by atoms with Crippen molar-refractivity contribution in [1.29, 1.82) is 0 Å². The summed E-state index contributed by atoms with van der Waals surface area (Å²) in [6.45, 7) is 9.69. The molecule has 0 amide bonds. The van der Waals surface area contributed by atoms with Gasteiger partial charge in [0.05, 0.1) is 13.2 Å². The van der Waals surface area contributed by atoms with E-state index in [0.717, 1.165) is 32.2 Å². The van der Waals surface area contributed by atoms with Crippen molar-refractivity contribution in [2.75, 3.05) is 13.2 Å². The molecular formula is C19H32NO3+. The van der Waals surface area contributed by atoms with Gasteiger partial charge in [-0.1, -0.05) is 26.0 Å². The van der Waals surface area contributed by atoms with Crippen molar-refractivity contribution >= 4 is 5.97 Å². The summed E-state index contributed by atoms with van der Waals surface area (Å²) in [6, 6.07) is 0.195. The summed E-state index contributed by atoms with van der Waals surface area (Å²) in [7, 11) is 0. The monoisotopic (exact) mass is 322 g/mol. The molecule has 0 radical (unpaired) electrons. The fourth-order valence-electron chi connectivity index (χ4n) is 5.24. The Balaban J connectivity index is 1.71. The van der Waals surface area contributed by atoms with Crippen molar-refractivity contribution in [2.24, 2.45) is 23.2 Å². The number of ether oxygens (including phenoxy) is 1. The Labute approximate surface area is 139 Å². The van der Waals surface area contributed by atoms with Gasteiger partial charge in [-0.05, 0) is 49.9 Å². The number of esters is 1. The molecule has 130 valence electrons. The van der Waals surface area contributed by atoms with Gasteiger partial charge in [0.2, 0.25) is 0 Å². The van der Waals surface area contributed by atoms with Gasteiger partial charge in [-0.2, -0.15) is 0 Å². The van der Waals surface area contributed by atoms with E-state index in [2.05, 4.69) is 25.7 Å². The van der Waals surface area contributed by atoms with Gasteiger partial charge in [0, 0.05) is 5.92 Å². The SMILES string of the molecule is C=C1CCC[C@]2(C)C[C@H]3OC(=O)[C@H](C[NH2+][C@@H](CC)CO)[C@H]3C[C@H]12. The standard InChI is InChI=1S/C19H31NO3/c1-4-13(11-21)20-10-15-14-8-16-12(2)6-5-7-19(16,3)9-17(14)23-18(15)22/h13-17,20-21H,2,4-11H2,1,3H3/p+1/t13-,14+,15+,16+,17+,19+/m0/s1. The molecule has 0 unspecified atom stereocenters. The first kappa shape index (κ1) is 17.0. The van der Waals surface area contributed by atoms with Gasteiger partial charge >= 0.3 is 5.97 Å². The molecule has 1 heterocycles. The molecule has 1 saturated heterocycles. The number of carbonyl (C=O) groups is 1. The molecule has 3 fully saturated rings. The van der Waals surface area contributed by atoms with Crippen LogP contribution in [0.2, 0.25) is 0 Å². The van der Waals surface area contributed by atoms with Crippen LogP contribution >= 0.6 is 0 Å². The van der Waals surface area contributed by atoms with Gasteiger partial charge in [0.25, 0.3) is 0 Å². The van der Waals surface area contributed by atoms with E-state index in [0.29, 0.717) is 11.8 Å². The summed E-state index contributed by atoms with van der Waals surface area (Å²) >= 11 is 0. The highest BCUT2D eigenvalue weighted by atomic mass is 16.6. The van der Waals surface area contributed by atoms with Crippen LogP contribution in [-0.2, 0) is 9.53 Å². The predicted octanol–water partition coefficient (Wildman–Crippen LogP) is 1.63. The quantitative estimate of drug-likeness (QED) is 0.597. The zero-order valence-corrected chi connectivity index (χ0v) is 14.6. The first-order valence-electron chi connectivity index (χ1n) is 9.31. The van der Waals surface area contributed by atoms with E-state index in [4.69, 9.17) is 4.74 Å². The summed E-state index contributed by atoms with van der Waals surface area (Å²) in [6.07, 6.45) is 6.68. The molecule has 0 aromatic carbocycles. The van der Waals surface area contributed by atoms with Gasteiger partial charge < -0.3 is 15.2 Å². The third kappa shape index (κ3) is 3.08. The molecule has 0 spiro atoms. The fourth-order valence-corrected chi connectivity index (χ4v) is 5.24.